The van der Waals surface area contributed by atoms with Gasteiger partial charge in [0, 0.05) is 22.1 Å². The van der Waals surface area contributed by atoms with Crippen LogP contribution in [0.1, 0.15) is 41.2 Å². The van der Waals surface area contributed by atoms with Crippen molar-refractivity contribution in [2.24, 2.45) is 11.3 Å². The fraction of sp³-hybridized carbons (Fsp3) is 0.615. The molecule has 1 amide bonds. The van der Waals surface area contributed by atoms with Crippen molar-refractivity contribution < 1.29 is 13.2 Å². The van der Waals surface area contributed by atoms with Gasteiger partial charge in [-0.1, -0.05) is 13.8 Å². The summed E-state index contributed by atoms with van der Waals surface area (Å²) in [5, 5.41) is 2.91. The molecule has 0 saturated heterocycles. The van der Waals surface area contributed by atoms with Gasteiger partial charge in [-0.15, -0.1) is 11.3 Å². The fourth-order valence-corrected chi connectivity index (χ4v) is 4.86. The Morgan fingerprint density at radius 2 is 2.10 bits per heavy atom. The molecule has 0 atom stereocenters. The number of aryl methyl sites for hydroxylation is 1. The molecule has 112 valence electrons. The van der Waals surface area contributed by atoms with Gasteiger partial charge in [0.15, 0.2) is 0 Å². The van der Waals surface area contributed by atoms with E-state index in [1.165, 1.54) is 6.07 Å². The van der Waals surface area contributed by atoms with Crippen LogP contribution in [0.3, 0.4) is 0 Å². The minimum atomic E-state index is -3.79. The van der Waals surface area contributed by atoms with Crippen LogP contribution in [0.25, 0.3) is 0 Å². The first-order chi connectivity index (χ1) is 9.16. The molecule has 0 unspecified atom stereocenters. The highest BCUT2D eigenvalue weighted by molar-refractivity contribution is 8.13. The van der Waals surface area contributed by atoms with Crippen molar-refractivity contribution in [3.8, 4) is 0 Å². The molecule has 1 aromatic rings. The monoisotopic (exact) mass is 335 g/mol. The minimum Gasteiger partial charge on any atom is -0.351 e. The average molecular weight is 336 g/mol. The number of hydrogen-bond acceptors (Lipinski definition) is 4. The highest BCUT2D eigenvalue weighted by atomic mass is 35.7. The molecule has 20 heavy (non-hydrogen) atoms. The summed E-state index contributed by atoms with van der Waals surface area (Å²) >= 11 is 1.15. The molecule has 1 aliphatic carbocycles. The third kappa shape index (κ3) is 3.18. The van der Waals surface area contributed by atoms with Gasteiger partial charge >= 0.3 is 0 Å². The van der Waals surface area contributed by atoms with Gasteiger partial charge in [0.2, 0.25) is 0 Å². The number of carbonyl (C=O) groups is 1. The molecular formula is C13H18ClNO3S2. The van der Waals surface area contributed by atoms with Crippen molar-refractivity contribution in [1.29, 1.82) is 0 Å². The number of rotatable bonds is 5. The third-order valence-corrected chi connectivity index (χ3v) is 6.70. The molecule has 1 aliphatic rings. The van der Waals surface area contributed by atoms with Crippen molar-refractivity contribution in [2.45, 2.75) is 38.5 Å². The first-order valence-electron chi connectivity index (χ1n) is 6.49. The lowest BCUT2D eigenvalue weighted by molar-refractivity contribution is 0.0943. The van der Waals surface area contributed by atoms with Crippen molar-refractivity contribution >= 4 is 37.0 Å². The summed E-state index contributed by atoms with van der Waals surface area (Å²) in [6, 6.07) is 1.35. The lowest BCUT2D eigenvalue weighted by Gasteiger charge is -2.19. The summed E-state index contributed by atoms with van der Waals surface area (Å²) in [4.78, 5) is 13.1. The molecule has 0 aliphatic heterocycles. The van der Waals surface area contributed by atoms with E-state index < -0.39 is 9.05 Å². The maximum atomic E-state index is 12.1. The van der Waals surface area contributed by atoms with E-state index in [2.05, 4.69) is 19.2 Å². The molecule has 7 heteroatoms. The SMILES string of the molecule is Cc1sc(C(=O)NCC2(C(C)C)CC2)cc1S(=O)(=O)Cl. The van der Waals surface area contributed by atoms with Crippen LogP contribution in [-0.4, -0.2) is 20.9 Å². The number of thiophene rings is 1. The van der Waals surface area contributed by atoms with Crippen LogP contribution in [-0.2, 0) is 9.05 Å². The molecule has 0 bridgehead atoms. The van der Waals surface area contributed by atoms with Gasteiger partial charge < -0.3 is 5.32 Å². The lowest BCUT2D eigenvalue weighted by Crippen LogP contribution is -2.32. The normalized spacial score (nSPS) is 17.2. The first kappa shape index (κ1) is 15.8. The van der Waals surface area contributed by atoms with Gasteiger partial charge in [-0.2, -0.15) is 0 Å². The highest BCUT2D eigenvalue weighted by Gasteiger charge is 2.45. The number of halogens is 1. The Kier molecular flexibility index (Phi) is 4.19. The largest absolute Gasteiger partial charge is 0.351 e. The molecule has 1 fully saturated rings. The maximum absolute atomic E-state index is 12.1. The Morgan fingerprint density at radius 3 is 2.50 bits per heavy atom. The zero-order valence-corrected chi connectivity index (χ0v) is 14.1. The maximum Gasteiger partial charge on any atom is 0.262 e. The number of hydrogen-bond donors (Lipinski definition) is 1. The molecular weight excluding hydrogens is 318 g/mol. The Hall–Kier alpha value is -0.590. The zero-order valence-electron chi connectivity index (χ0n) is 11.7. The molecule has 0 aromatic carbocycles. The van der Waals surface area contributed by atoms with Crippen LogP contribution in [0.2, 0.25) is 0 Å². The van der Waals surface area contributed by atoms with E-state index in [1.54, 1.807) is 6.92 Å². The van der Waals surface area contributed by atoms with Crippen LogP contribution in [0.15, 0.2) is 11.0 Å². The topological polar surface area (TPSA) is 63.2 Å². The summed E-state index contributed by atoms with van der Waals surface area (Å²) in [6.45, 7) is 6.61. The van der Waals surface area contributed by atoms with Gasteiger partial charge in [0.25, 0.3) is 15.0 Å². The number of amides is 1. The van der Waals surface area contributed by atoms with Crippen LogP contribution in [0.5, 0.6) is 0 Å². The molecule has 1 aromatic heterocycles. The van der Waals surface area contributed by atoms with Gasteiger partial charge in [0.1, 0.15) is 0 Å². The van der Waals surface area contributed by atoms with E-state index in [0.717, 1.165) is 24.2 Å². The van der Waals surface area contributed by atoms with Crippen molar-refractivity contribution in [3.63, 3.8) is 0 Å². The molecule has 0 radical (unpaired) electrons. The van der Waals surface area contributed by atoms with E-state index in [-0.39, 0.29) is 16.2 Å². The van der Waals surface area contributed by atoms with Crippen molar-refractivity contribution in [1.82, 2.24) is 5.32 Å². The molecule has 1 heterocycles. The van der Waals surface area contributed by atoms with Gasteiger partial charge in [-0.25, -0.2) is 8.42 Å². The van der Waals surface area contributed by atoms with E-state index in [9.17, 15) is 13.2 Å². The van der Waals surface area contributed by atoms with Crippen LogP contribution < -0.4 is 5.32 Å². The van der Waals surface area contributed by atoms with E-state index >= 15 is 0 Å². The summed E-state index contributed by atoms with van der Waals surface area (Å²) in [5.74, 6) is 0.309. The summed E-state index contributed by atoms with van der Waals surface area (Å²) in [7, 11) is 1.54. The Morgan fingerprint density at radius 1 is 1.50 bits per heavy atom. The lowest BCUT2D eigenvalue weighted by atomic mass is 9.92. The van der Waals surface area contributed by atoms with E-state index in [1.807, 2.05) is 0 Å². The third-order valence-electron chi connectivity index (χ3n) is 4.08. The van der Waals surface area contributed by atoms with Gasteiger partial charge in [-0.05, 0) is 37.2 Å². The predicted octanol–water partition coefficient (Wildman–Crippen LogP) is 3.15. The van der Waals surface area contributed by atoms with Crippen LogP contribution in [0.4, 0.5) is 0 Å². The number of nitrogens with one attached hydrogen (secondary N) is 1. The second-order valence-electron chi connectivity index (χ2n) is 5.67. The quantitative estimate of drug-likeness (QED) is 0.841. The Bertz CT molecular complexity index is 630. The fourth-order valence-electron chi connectivity index (χ4n) is 2.28. The van der Waals surface area contributed by atoms with Crippen molar-refractivity contribution in [3.05, 3.63) is 15.8 Å². The van der Waals surface area contributed by atoms with Gasteiger partial charge in [-0.3, -0.25) is 4.79 Å². The number of carbonyl (C=O) groups excluding carboxylic acids is 1. The zero-order chi connectivity index (χ0) is 15.1. The summed E-state index contributed by atoms with van der Waals surface area (Å²) in [6.07, 6.45) is 2.27. The van der Waals surface area contributed by atoms with E-state index in [4.69, 9.17) is 10.7 Å². The second kappa shape index (κ2) is 5.31. The average Bonchev–Trinajstić information content (AvgIpc) is 3.01. The molecule has 1 saturated carbocycles. The standard InChI is InChI=1S/C13H18ClNO3S2/c1-8(2)13(4-5-13)7-15-12(16)10-6-11(9(3)19-10)20(14,17)18/h6,8H,4-5,7H2,1-3H3,(H,15,16). The van der Waals surface area contributed by atoms with E-state index in [0.29, 0.717) is 22.2 Å². The molecule has 1 N–H and O–H groups in total. The second-order valence-corrected chi connectivity index (χ2v) is 9.46. The predicted molar refractivity (Wildman–Crippen MR) is 80.9 cm³/mol. The summed E-state index contributed by atoms with van der Waals surface area (Å²) < 4.78 is 22.7. The van der Waals surface area contributed by atoms with Gasteiger partial charge in [0.05, 0.1) is 9.77 Å². The van der Waals surface area contributed by atoms with Crippen LogP contribution >= 0.6 is 22.0 Å². The molecule has 0 spiro atoms. The molecule has 4 nitrogen and oxygen atoms in total. The molecule has 2 rings (SSSR count). The van der Waals surface area contributed by atoms with Crippen molar-refractivity contribution in [2.75, 3.05) is 6.54 Å². The Balaban J connectivity index is 2.07. The highest BCUT2D eigenvalue weighted by Crippen LogP contribution is 2.51. The minimum absolute atomic E-state index is 0.0271. The summed E-state index contributed by atoms with van der Waals surface area (Å²) in [5.41, 5.74) is 0.226. The smallest absolute Gasteiger partial charge is 0.262 e. The Labute approximate surface area is 127 Å². The first-order valence-corrected chi connectivity index (χ1v) is 9.61. The van der Waals surface area contributed by atoms with Crippen LogP contribution in [0, 0.1) is 18.3 Å².